The molecule has 0 rings (SSSR count). The fourth-order valence-corrected chi connectivity index (χ4v) is 14.6. The van der Waals surface area contributed by atoms with Crippen molar-refractivity contribution >= 4 is 39.5 Å². The summed E-state index contributed by atoms with van der Waals surface area (Å²) in [6, 6.07) is 0. The van der Waals surface area contributed by atoms with Crippen molar-refractivity contribution in [3.63, 3.8) is 0 Å². The Morgan fingerprint density at radius 2 is 0.495 bits per heavy atom. The summed E-state index contributed by atoms with van der Waals surface area (Å²) in [4.78, 5) is 73.0. The number of rotatable bonds is 83. The fraction of sp³-hybridized carbons (Fsp3) is 0.952. The van der Waals surface area contributed by atoms with E-state index in [0.29, 0.717) is 25.7 Å². The maximum absolute atomic E-state index is 13.1. The van der Waals surface area contributed by atoms with Crippen molar-refractivity contribution in [2.45, 2.75) is 464 Å². The van der Waals surface area contributed by atoms with E-state index in [1.54, 1.807) is 0 Å². The highest BCUT2D eigenvalue weighted by Crippen LogP contribution is 2.45. The van der Waals surface area contributed by atoms with Gasteiger partial charge in [0.05, 0.1) is 26.4 Å². The molecule has 3 unspecified atom stereocenters. The summed E-state index contributed by atoms with van der Waals surface area (Å²) in [5.41, 5.74) is 0. The van der Waals surface area contributed by atoms with Gasteiger partial charge in [-0.1, -0.05) is 395 Å². The molecule has 0 aliphatic rings. The lowest BCUT2D eigenvalue weighted by atomic mass is 9.99. The van der Waals surface area contributed by atoms with Gasteiger partial charge in [-0.05, 0) is 37.5 Å². The lowest BCUT2D eigenvalue weighted by Crippen LogP contribution is -2.30. The molecule has 19 heteroatoms. The Hall–Kier alpha value is -1.94. The van der Waals surface area contributed by atoms with Crippen molar-refractivity contribution in [3.8, 4) is 0 Å². The summed E-state index contributed by atoms with van der Waals surface area (Å²) >= 11 is 0. The molecule has 103 heavy (non-hydrogen) atoms. The summed E-state index contributed by atoms with van der Waals surface area (Å²) in [5, 5.41) is 10.6. The SMILES string of the molecule is CCCCCCCCCCCCCCC(=O)O[C@H](COC(=O)CCCCCCCCCC)COP(=O)(O)OC[C@H](O)COP(=O)(O)OC[C@@H](COC(=O)CCCCCCCCCCCCCCCCCCCCC(C)C)OC(=O)CCCCCCCCCCCCCCCCCCCCC(C)CC. The van der Waals surface area contributed by atoms with Gasteiger partial charge in [-0.3, -0.25) is 37.3 Å². The first-order valence-electron chi connectivity index (χ1n) is 43.5. The van der Waals surface area contributed by atoms with Crippen LogP contribution in [-0.2, 0) is 65.4 Å². The van der Waals surface area contributed by atoms with E-state index in [0.717, 1.165) is 108 Å². The number of aliphatic hydroxyl groups excluding tert-OH is 1. The number of hydrogen-bond acceptors (Lipinski definition) is 15. The molecule has 0 aromatic rings. The van der Waals surface area contributed by atoms with Crippen LogP contribution in [0.5, 0.6) is 0 Å². The average molecular weight is 1510 g/mol. The minimum Gasteiger partial charge on any atom is -0.462 e. The first kappa shape index (κ1) is 101. The molecule has 0 bridgehead atoms. The van der Waals surface area contributed by atoms with E-state index in [1.807, 2.05) is 0 Å². The van der Waals surface area contributed by atoms with E-state index >= 15 is 0 Å². The number of hydrogen-bond donors (Lipinski definition) is 3. The molecule has 0 fully saturated rings. The summed E-state index contributed by atoms with van der Waals surface area (Å²) in [5.74, 6) is -0.414. The molecular weight excluding hydrogens is 1340 g/mol. The molecule has 0 aromatic carbocycles. The Morgan fingerprint density at radius 1 is 0.282 bits per heavy atom. The molecule has 0 amide bonds. The van der Waals surface area contributed by atoms with Crippen LogP contribution in [0.4, 0.5) is 0 Å². The summed E-state index contributed by atoms with van der Waals surface area (Å²) in [6.07, 6.45) is 66.8. The second kappa shape index (κ2) is 75.5. The predicted octanol–water partition coefficient (Wildman–Crippen LogP) is 25.5. The molecule has 0 spiro atoms. The van der Waals surface area contributed by atoms with Gasteiger partial charge < -0.3 is 33.8 Å². The minimum atomic E-state index is -4.96. The number of unbranched alkanes of at least 4 members (excludes halogenated alkanes) is 52. The van der Waals surface area contributed by atoms with E-state index in [4.69, 9.17) is 37.0 Å². The number of phosphoric ester groups is 2. The topological polar surface area (TPSA) is 237 Å². The first-order valence-corrected chi connectivity index (χ1v) is 46.5. The third-order valence-corrected chi connectivity index (χ3v) is 22.0. The molecule has 17 nitrogen and oxygen atoms in total. The maximum atomic E-state index is 13.1. The summed E-state index contributed by atoms with van der Waals surface area (Å²) in [6.45, 7) is 9.73. The molecule has 0 heterocycles. The number of esters is 4. The Labute approximate surface area is 632 Å². The molecule has 0 saturated carbocycles. The van der Waals surface area contributed by atoms with Crippen LogP contribution < -0.4 is 0 Å². The van der Waals surface area contributed by atoms with E-state index < -0.39 is 97.5 Å². The Balaban J connectivity index is 5.16. The lowest BCUT2D eigenvalue weighted by Gasteiger charge is -2.21. The Bertz CT molecular complexity index is 1980. The van der Waals surface area contributed by atoms with Gasteiger partial charge in [0.15, 0.2) is 12.2 Å². The molecule has 0 aliphatic carbocycles. The quantitative estimate of drug-likeness (QED) is 0.0222. The summed E-state index contributed by atoms with van der Waals surface area (Å²) < 4.78 is 68.7. The number of aliphatic hydroxyl groups is 1. The van der Waals surface area contributed by atoms with Crippen LogP contribution in [0.2, 0.25) is 0 Å². The first-order chi connectivity index (χ1) is 49.9. The molecular formula is C84H164O17P2. The van der Waals surface area contributed by atoms with Crippen molar-refractivity contribution in [3.05, 3.63) is 0 Å². The van der Waals surface area contributed by atoms with Crippen molar-refractivity contribution in [2.75, 3.05) is 39.6 Å². The maximum Gasteiger partial charge on any atom is 0.472 e. The third kappa shape index (κ3) is 76.6. The van der Waals surface area contributed by atoms with Gasteiger partial charge >= 0.3 is 39.5 Å². The number of carbonyl (C=O) groups is 4. The highest BCUT2D eigenvalue weighted by Gasteiger charge is 2.30. The Morgan fingerprint density at radius 3 is 0.738 bits per heavy atom. The zero-order chi connectivity index (χ0) is 75.6. The van der Waals surface area contributed by atoms with E-state index in [-0.39, 0.29) is 25.7 Å². The minimum absolute atomic E-state index is 0.107. The van der Waals surface area contributed by atoms with E-state index in [1.165, 1.54) is 257 Å². The molecule has 0 aromatic heterocycles. The van der Waals surface area contributed by atoms with Crippen LogP contribution in [0.15, 0.2) is 0 Å². The number of ether oxygens (including phenoxy) is 4. The highest BCUT2D eigenvalue weighted by molar-refractivity contribution is 7.47. The van der Waals surface area contributed by atoms with Gasteiger partial charge in [0.1, 0.15) is 19.3 Å². The average Bonchev–Trinajstić information content (AvgIpc) is 0.924. The van der Waals surface area contributed by atoms with Gasteiger partial charge in [-0.2, -0.15) is 0 Å². The van der Waals surface area contributed by atoms with Gasteiger partial charge in [-0.25, -0.2) is 9.13 Å². The third-order valence-electron chi connectivity index (χ3n) is 20.1. The molecule has 0 radical (unpaired) electrons. The van der Waals surface area contributed by atoms with Crippen molar-refractivity contribution in [2.24, 2.45) is 11.8 Å². The normalized spacial score (nSPS) is 14.1. The summed E-state index contributed by atoms with van der Waals surface area (Å²) in [7, 11) is -9.92. The van der Waals surface area contributed by atoms with Crippen LogP contribution >= 0.6 is 15.6 Å². The van der Waals surface area contributed by atoms with Crippen LogP contribution in [0.3, 0.4) is 0 Å². The molecule has 3 N–H and O–H groups in total. The standard InChI is InChI=1S/C84H164O17P2/c1-7-10-12-14-16-18-19-38-44-50-56-62-68-83(88)100-79(72-94-81(86)66-60-54-48-17-15-13-11-8-2)74-98-102(90,91)96-70-78(85)71-97-103(92,93)99-75-80(73-95-82(87)67-61-55-49-43-39-34-30-26-22-20-24-28-32-36-41-46-52-58-64-76(4)5)101-84(89)69-63-57-51-45-40-35-31-27-23-21-25-29-33-37-42-47-53-59-65-77(6)9-3/h76-80,85H,7-75H2,1-6H3,(H,90,91)(H,92,93)/t77?,78-,79+,80+/m0/s1. The van der Waals surface area contributed by atoms with Gasteiger partial charge in [0.25, 0.3) is 0 Å². The van der Waals surface area contributed by atoms with Crippen LogP contribution in [0.25, 0.3) is 0 Å². The highest BCUT2D eigenvalue weighted by atomic mass is 31.2. The second-order valence-electron chi connectivity index (χ2n) is 30.9. The van der Waals surface area contributed by atoms with Gasteiger partial charge in [0.2, 0.25) is 0 Å². The van der Waals surface area contributed by atoms with Crippen LogP contribution in [0.1, 0.15) is 446 Å². The van der Waals surface area contributed by atoms with Crippen LogP contribution in [-0.4, -0.2) is 96.7 Å². The smallest absolute Gasteiger partial charge is 0.462 e. The van der Waals surface area contributed by atoms with Gasteiger partial charge in [-0.15, -0.1) is 0 Å². The number of carbonyl (C=O) groups excluding carboxylic acids is 4. The monoisotopic (exact) mass is 1510 g/mol. The van der Waals surface area contributed by atoms with Crippen molar-refractivity contribution in [1.29, 1.82) is 0 Å². The Kier molecular flexibility index (Phi) is 74.1. The molecule has 0 aliphatic heterocycles. The molecule has 6 atom stereocenters. The number of phosphoric acid groups is 2. The second-order valence-corrected chi connectivity index (χ2v) is 33.8. The van der Waals surface area contributed by atoms with E-state index in [9.17, 15) is 43.2 Å². The van der Waals surface area contributed by atoms with Crippen molar-refractivity contribution < 1.29 is 80.2 Å². The van der Waals surface area contributed by atoms with E-state index in [2.05, 4.69) is 41.5 Å². The van der Waals surface area contributed by atoms with Gasteiger partial charge in [0, 0.05) is 25.7 Å². The van der Waals surface area contributed by atoms with Crippen LogP contribution in [0, 0.1) is 11.8 Å². The zero-order valence-corrected chi connectivity index (χ0v) is 69.4. The predicted molar refractivity (Wildman–Crippen MR) is 423 cm³/mol. The lowest BCUT2D eigenvalue weighted by molar-refractivity contribution is -0.161. The zero-order valence-electron chi connectivity index (χ0n) is 67.6. The molecule has 0 saturated heterocycles. The van der Waals surface area contributed by atoms with Crippen molar-refractivity contribution in [1.82, 2.24) is 0 Å². The largest absolute Gasteiger partial charge is 0.472 e. The molecule has 612 valence electrons. The fourth-order valence-electron chi connectivity index (χ4n) is 13.0.